The number of hydrogen-bond donors (Lipinski definition) is 2. The van der Waals surface area contributed by atoms with Gasteiger partial charge >= 0.3 is 0 Å². The summed E-state index contributed by atoms with van der Waals surface area (Å²) in [6.07, 6.45) is 13.8. The molecular formula is C26H30N2OS. The van der Waals surface area contributed by atoms with Gasteiger partial charge in [-0.2, -0.15) is 0 Å². The first kappa shape index (κ1) is 19.7. The van der Waals surface area contributed by atoms with Crippen LogP contribution in [0.4, 0.5) is 5.69 Å². The number of benzene rings is 2. The van der Waals surface area contributed by atoms with E-state index in [0.717, 1.165) is 30.5 Å². The van der Waals surface area contributed by atoms with Gasteiger partial charge in [0.1, 0.15) is 0 Å². The predicted molar refractivity (Wildman–Crippen MR) is 125 cm³/mol. The fourth-order valence-corrected chi connectivity index (χ4v) is 5.87. The molecule has 3 nitrogen and oxygen atoms in total. The average molecular weight is 419 g/mol. The summed E-state index contributed by atoms with van der Waals surface area (Å²) in [5.74, 6) is 0.936. The van der Waals surface area contributed by atoms with E-state index in [1.165, 1.54) is 35.3 Å². The maximum absolute atomic E-state index is 13.2. The van der Waals surface area contributed by atoms with Crippen molar-refractivity contribution >= 4 is 23.4 Å². The number of rotatable bonds is 4. The number of carbonyl (C=O) groups is 1. The fraction of sp³-hybridized carbons (Fsp3) is 0.423. The first-order valence-electron chi connectivity index (χ1n) is 11.3. The van der Waals surface area contributed by atoms with E-state index in [9.17, 15) is 4.79 Å². The van der Waals surface area contributed by atoms with E-state index in [2.05, 4.69) is 59.4 Å². The number of amides is 1. The van der Waals surface area contributed by atoms with Gasteiger partial charge in [-0.3, -0.25) is 4.79 Å². The van der Waals surface area contributed by atoms with Crippen molar-refractivity contribution < 1.29 is 4.79 Å². The molecule has 0 aromatic heterocycles. The number of para-hydroxylation sites is 1. The van der Waals surface area contributed by atoms with Gasteiger partial charge in [0, 0.05) is 16.9 Å². The van der Waals surface area contributed by atoms with Gasteiger partial charge in [-0.15, -0.1) is 11.8 Å². The van der Waals surface area contributed by atoms with Crippen molar-refractivity contribution in [1.29, 1.82) is 0 Å². The third-order valence-electron chi connectivity index (χ3n) is 7.06. The smallest absolute Gasteiger partial charge is 0.253 e. The molecule has 30 heavy (non-hydrogen) atoms. The van der Waals surface area contributed by atoms with Crippen molar-refractivity contribution in [2.24, 2.45) is 5.92 Å². The lowest BCUT2D eigenvalue weighted by Gasteiger charge is -2.38. The Labute approximate surface area is 183 Å². The van der Waals surface area contributed by atoms with Crippen molar-refractivity contribution in [2.75, 3.05) is 11.6 Å². The molecule has 1 heterocycles. The zero-order chi connectivity index (χ0) is 20.5. The highest BCUT2D eigenvalue weighted by Crippen LogP contribution is 2.50. The van der Waals surface area contributed by atoms with Crippen LogP contribution in [0.2, 0.25) is 0 Å². The van der Waals surface area contributed by atoms with E-state index in [-0.39, 0.29) is 11.9 Å². The summed E-state index contributed by atoms with van der Waals surface area (Å²) in [5.41, 5.74) is 4.39. The average Bonchev–Trinajstić information content (AvgIpc) is 3.29. The van der Waals surface area contributed by atoms with Crippen LogP contribution in [0.25, 0.3) is 0 Å². The number of fused-ring (bicyclic) bond motifs is 3. The summed E-state index contributed by atoms with van der Waals surface area (Å²) in [6.45, 7) is 0. The van der Waals surface area contributed by atoms with Crippen molar-refractivity contribution in [3.8, 4) is 0 Å². The maximum atomic E-state index is 13.2. The lowest BCUT2D eigenvalue weighted by Crippen LogP contribution is -2.37. The lowest BCUT2D eigenvalue weighted by molar-refractivity contribution is 0.0928. The minimum atomic E-state index is 0.0724. The van der Waals surface area contributed by atoms with Gasteiger partial charge in [-0.05, 0) is 60.8 Å². The largest absolute Gasteiger partial charge is 0.377 e. The van der Waals surface area contributed by atoms with Crippen LogP contribution in [0.1, 0.15) is 72.0 Å². The van der Waals surface area contributed by atoms with Crippen LogP contribution in [0.3, 0.4) is 0 Å². The fourth-order valence-electron chi connectivity index (χ4n) is 5.46. The second-order valence-electron chi connectivity index (χ2n) is 8.83. The van der Waals surface area contributed by atoms with E-state index in [4.69, 9.17) is 0 Å². The Hall–Kier alpha value is -2.20. The zero-order valence-electron chi connectivity index (χ0n) is 17.6. The van der Waals surface area contributed by atoms with Crippen LogP contribution >= 0.6 is 11.8 Å². The molecule has 2 aromatic carbocycles. The summed E-state index contributed by atoms with van der Waals surface area (Å²) in [7, 11) is 0. The molecule has 3 atom stereocenters. The summed E-state index contributed by atoms with van der Waals surface area (Å²) in [4.78, 5) is 14.5. The molecule has 1 amide bonds. The van der Waals surface area contributed by atoms with Crippen molar-refractivity contribution in [3.05, 3.63) is 71.3 Å². The zero-order valence-corrected chi connectivity index (χ0v) is 18.4. The second-order valence-corrected chi connectivity index (χ2v) is 9.71. The lowest BCUT2D eigenvalue weighted by atomic mass is 9.76. The molecule has 0 spiro atoms. The summed E-state index contributed by atoms with van der Waals surface area (Å²) < 4.78 is 0. The first-order valence-corrected chi connectivity index (χ1v) is 12.5. The molecule has 1 saturated carbocycles. The molecule has 1 fully saturated rings. The Morgan fingerprint density at radius 2 is 1.87 bits per heavy atom. The van der Waals surface area contributed by atoms with Crippen LogP contribution in [-0.2, 0) is 0 Å². The second kappa shape index (κ2) is 8.50. The number of carbonyl (C=O) groups excluding carboxylic acids is 1. The van der Waals surface area contributed by atoms with Gasteiger partial charge in [0.2, 0.25) is 0 Å². The molecule has 2 aliphatic carbocycles. The molecule has 0 saturated heterocycles. The highest BCUT2D eigenvalue weighted by molar-refractivity contribution is 7.98. The number of nitrogens with one attached hydrogen (secondary N) is 2. The highest BCUT2D eigenvalue weighted by Gasteiger charge is 2.39. The molecule has 3 aliphatic rings. The quantitative estimate of drug-likeness (QED) is 0.452. The minimum Gasteiger partial charge on any atom is -0.377 e. The van der Waals surface area contributed by atoms with Gasteiger partial charge in [0.05, 0.1) is 17.3 Å². The highest BCUT2D eigenvalue weighted by atomic mass is 32.2. The molecule has 0 bridgehead atoms. The monoisotopic (exact) mass is 418 g/mol. The molecule has 3 unspecified atom stereocenters. The van der Waals surface area contributed by atoms with Gasteiger partial charge in [0.15, 0.2) is 0 Å². The standard InChI is InChI=1S/C26H30N2OS/c1-30-19-15-13-17(14-16-19)24-21-10-5-9-20(21)22-11-6-12-23(25(22)28-24)26(29)27-18-7-3-2-4-8-18/h5-6,9,11-16,18,20-21,24,28H,2-4,7-8,10H2,1H3,(H,27,29). The van der Waals surface area contributed by atoms with Crippen molar-refractivity contribution in [2.45, 2.75) is 61.4 Å². The Morgan fingerprint density at radius 1 is 1.07 bits per heavy atom. The normalized spacial score (nSPS) is 25.3. The van der Waals surface area contributed by atoms with Gasteiger partial charge in [-0.25, -0.2) is 0 Å². The number of thioether (sulfide) groups is 1. The topological polar surface area (TPSA) is 41.1 Å². The van der Waals surface area contributed by atoms with Crippen molar-refractivity contribution in [1.82, 2.24) is 5.32 Å². The maximum Gasteiger partial charge on any atom is 0.253 e. The van der Waals surface area contributed by atoms with E-state index < -0.39 is 0 Å². The van der Waals surface area contributed by atoms with Crippen molar-refractivity contribution in [3.63, 3.8) is 0 Å². The van der Waals surface area contributed by atoms with Crippen LogP contribution in [0.15, 0.2) is 59.5 Å². The third kappa shape index (κ3) is 3.66. The number of hydrogen-bond acceptors (Lipinski definition) is 3. The van der Waals surface area contributed by atoms with Crippen LogP contribution in [0, 0.1) is 5.92 Å². The molecule has 0 radical (unpaired) electrons. The van der Waals surface area contributed by atoms with E-state index >= 15 is 0 Å². The number of anilines is 1. The van der Waals surface area contributed by atoms with Crippen LogP contribution in [0.5, 0.6) is 0 Å². The molecule has 156 valence electrons. The van der Waals surface area contributed by atoms with Gasteiger partial charge in [-0.1, -0.05) is 55.7 Å². The van der Waals surface area contributed by atoms with Crippen LogP contribution < -0.4 is 10.6 Å². The van der Waals surface area contributed by atoms with Gasteiger partial charge in [0.25, 0.3) is 5.91 Å². The molecule has 1 aliphatic heterocycles. The molecular weight excluding hydrogens is 388 g/mol. The third-order valence-corrected chi connectivity index (χ3v) is 7.80. The summed E-state index contributed by atoms with van der Waals surface area (Å²) >= 11 is 1.77. The Bertz CT molecular complexity index is 946. The predicted octanol–water partition coefficient (Wildman–Crippen LogP) is 6.30. The van der Waals surface area contributed by atoms with Crippen LogP contribution in [-0.4, -0.2) is 18.2 Å². The Balaban J connectivity index is 1.47. The molecule has 5 rings (SSSR count). The van der Waals surface area contributed by atoms with Gasteiger partial charge < -0.3 is 10.6 Å². The SMILES string of the molecule is CSc1ccc(C2Nc3c(C(=O)NC4CCCCC4)cccc3C3C=CCC32)cc1. The molecule has 2 aromatic rings. The molecule has 2 N–H and O–H groups in total. The first-order chi connectivity index (χ1) is 14.7. The summed E-state index contributed by atoms with van der Waals surface area (Å²) in [5, 5.41) is 7.12. The minimum absolute atomic E-state index is 0.0724. The Morgan fingerprint density at radius 3 is 2.63 bits per heavy atom. The van der Waals surface area contributed by atoms with E-state index in [0.29, 0.717) is 17.9 Å². The Kier molecular flexibility index (Phi) is 5.60. The van der Waals surface area contributed by atoms with E-state index in [1.807, 2.05) is 12.1 Å². The number of allylic oxidation sites excluding steroid dienone is 2. The summed E-state index contributed by atoms with van der Waals surface area (Å²) in [6, 6.07) is 15.7. The molecule has 4 heteroatoms. The van der Waals surface area contributed by atoms with E-state index in [1.54, 1.807) is 11.8 Å².